The van der Waals surface area contributed by atoms with Crippen LogP contribution in [0.15, 0.2) is 91.0 Å². The van der Waals surface area contributed by atoms with Crippen LogP contribution in [0.2, 0.25) is 5.02 Å². The standard InChI is InChI=1S/C26H21ClN8O/c1-18-7-9-20(10-8-18)26(36)29-22(13-19-5-3-2-4-6-19)15-34-16-24(30-32-34)23-14-21(27)11-12-25(23)35-17-28-31-33-35/h2-12,14-17H,13H2,1H3,(H,29,36). The summed E-state index contributed by atoms with van der Waals surface area (Å²) in [5.41, 5.74) is 5.36. The van der Waals surface area contributed by atoms with Crippen LogP contribution in [0.5, 0.6) is 0 Å². The fourth-order valence-corrected chi connectivity index (χ4v) is 3.84. The van der Waals surface area contributed by atoms with Crippen LogP contribution in [0.4, 0.5) is 0 Å². The fraction of sp³-hybridized carbons (Fsp3) is 0.0769. The number of halogens is 1. The van der Waals surface area contributed by atoms with Gasteiger partial charge in [-0.15, -0.1) is 10.2 Å². The van der Waals surface area contributed by atoms with Gasteiger partial charge in [0.1, 0.15) is 12.0 Å². The van der Waals surface area contributed by atoms with Gasteiger partial charge in [-0.3, -0.25) is 4.79 Å². The number of aromatic nitrogens is 7. The topological polar surface area (TPSA) is 103 Å². The minimum atomic E-state index is -0.201. The van der Waals surface area contributed by atoms with Gasteiger partial charge in [0.05, 0.1) is 11.9 Å². The number of tetrazole rings is 1. The Morgan fingerprint density at radius 2 is 1.83 bits per heavy atom. The number of carbonyl (C=O) groups is 1. The molecule has 0 saturated carbocycles. The molecular formula is C26H21ClN8O. The van der Waals surface area contributed by atoms with Crippen molar-refractivity contribution in [2.45, 2.75) is 13.3 Å². The van der Waals surface area contributed by atoms with E-state index in [4.69, 9.17) is 11.6 Å². The number of nitrogens with one attached hydrogen (secondary N) is 1. The molecule has 0 aliphatic rings. The molecule has 0 aliphatic heterocycles. The summed E-state index contributed by atoms with van der Waals surface area (Å²) >= 11 is 6.26. The molecule has 1 amide bonds. The third-order valence-corrected chi connectivity index (χ3v) is 5.69. The second-order valence-electron chi connectivity index (χ2n) is 8.14. The summed E-state index contributed by atoms with van der Waals surface area (Å²) in [5, 5.41) is 23.5. The average Bonchev–Trinajstić information content (AvgIpc) is 3.58. The molecule has 2 aromatic heterocycles. The lowest BCUT2D eigenvalue weighted by Gasteiger charge is -2.11. The number of hydrogen-bond donors (Lipinski definition) is 1. The second kappa shape index (κ2) is 10.3. The maximum absolute atomic E-state index is 13.0. The van der Waals surface area contributed by atoms with Gasteiger partial charge in [-0.25, -0.2) is 4.68 Å². The van der Waals surface area contributed by atoms with Crippen molar-refractivity contribution in [2.24, 2.45) is 0 Å². The smallest absolute Gasteiger partial charge is 0.255 e. The number of hydrogen-bond acceptors (Lipinski definition) is 6. The molecule has 0 fully saturated rings. The van der Waals surface area contributed by atoms with Crippen molar-refractivity contribution in [3.05, 3.63) is 113 Å². The van der Waals surface area contributed by atoms with Crippen LogP contribution in [0.3, 0.4) is 0 Å². The Bertz CT molecular complexity index is 1510. The Labute approximate surface area is 212 Å². The SMILES string of the molecule is Cc1ccc(C(=O)NC(=Cn2cc(-c3cc(Cl)ccc3-n3cnnn3)nn2)Cc2ccccc2)cc1. The van der Waals surface area contributed by atoms with Crippen LogP contribution in [0.25, 0.3) is 23.1 Å². The Hall–Kier alpha value is -4.63. The molecule has 36 heavy (non-hydrogen) atoms. The second-order valence-corrected chi connectivity index (χ2v) is 8.57. The Kier molecular flexibility index (Phi) is 6.63. The molecule has 5 rings (SSSR count). The molecule has 9 nitrogen and oxygen atoms in total. The van der Waals surface area contributed by atoms with E-state index in [1.165, 1.54) is 11.0 Å². The number of allylic oxidation sites excluding steroid dienone is 1. The summed E-state index contributed by atoms with van der Waals surface area (Å²) in [6, 6.07) is 22.6. The first-order valence-electron chi connectivity index (χ1n) is 11.1. The zero-order chi connectivity index (χ0) is 24.9. The summed E-state index contributed by atoms with van der Waals surface area (Å²) in [6.45, 7) is 1.98. The maximum atomic E-state index is 13.0. The van der Waals surface area contributed by atoms with Crippen LogP contribution >= 0.6 is 11.6 Å². The van der Waals surface area contributed by atoms with E-state index in [2.05, 4.69) is 31.2 Å². The van der Waals surface area contributed by atoms with Crippen LogP contribution in [-0.2, 0) is 6.42 Å². The zero-order valence-electron chi connectivity index (χ0n) is 19.3. The first-order valence-corrected chi connectivity index (χ1v) is 11.5. The van der Waals surface area contributed by atoms with E-state index >= 15 is 0 Å². The highest BCUT2D eigenvalue weighted by Crippen LogP contribution is 2.27. The third-order valence-electron chi connectivity index (χ3n) is 5.45. The van der Waals surface area contributed by atoms with Gasteiger partial charge in [-0.1, -0.05) is 64.8 Å². The van der Waals surface area contributed by atoms with Crippen molar-refractivity contribution in [1.82, 2.24) is 40.5 Å². The molecule has 0 bridgehead atoms. The minimum absolute atomic E-state index is 0.201. The molecule has 0 spiro atoms. The lowest BCUT2D eigenvalue weighted by atomic mass is 10.1. The normalized spacial score (nSPS) is 11.4. The van der Waals surface area contributed by atoms with E-state index < -0.39 is 0 Å². The Morgan fingerprint density at radius 1 is 1.03 bits per heavy atom. The number of benzene rings is 3. The van der Waals surface area contributed by atoms with Crippen molar-refractivity contribution < 1.29 is 4.79 Å². The van der Waals surface area contributed by atoms with Gasteiger partial charge in [-0.05, 0) is 53.2 Å². The molecule has 3 aromatic carbocycles. The van der Waals surface area contributed by atoms with Gasteiger partial charge in [0, 0.05) is 34.5 Å². The van der Waals surface area contributed by atoms with Crippen molar-refractivity contribution in [3.8, 4) is 16.9 Å². The van der Waals surface area contributed by atoms with Gasteiger partial charge >= 0.3 is 0 Å². The summed E-state index contributed by atoms with van der Waals surface area (Å²) in [4.78, 5) is 13.0. The van der Waals surface area contributed by atoms with Gasteiger partial charge in [0.25, 0.3) is 5.91 Å². The van der Waals surface area contributed by atoms with Crippen molar-refractivity contribution >= 4 is 23.7 Å². The summed E-state index contributed by atoms with van der Waals surface area (Å²) in [6.07, 6.45) is 5.50. The number of carbonyl (C=O) groups excluding carboxylic acids is 1. The van der Waals surface area contributed by atoms with E-state index in [1.807, 2.05) is 55.5 Å². The number of rotatable bonds is 7. The quantitative estimate of drug-likeness (QED) is 0.359. The molecule has 5 aromatic rings. The molecule has 2 heterocycles. The van der Waals surface area contributed by atoms with Gasteiger partial charge < -0.3 is 5.32 Å². The van der Waals surface area contributed by atoms with Gasteiger partial charge in [0.15, 0.2) is 0 Å². The number of amides is 1. The van der Waals surface area contributed by atoms with Crippen LogP contribution in [0.1, 0.15) is 21.5 Å². The highest BCUT2D eigenvalue weighted by Gasteiger charge is 2.14. The molecule has 0 atom stereocenters. The molecule has 1 N–H and O–H groups in total. The monoisotopic (exact) mass is 496 g/mol. The largest absolute Gasteiger partial charge is 0.324 e. The average molecular weight is 497 g/mol. The lowest BCUT2D eigenvalue weighted by Crippen LogP contribution is -2.24. The van der Waals surface area contributed by atoms with E-state index in [1.54, 1.807) is 41.3 Å². The van der Waals surface area contributed by atoms with E-state index in [-0.39, 0.29) is 5.91 Å². The van der Waals surface area contributed by atoms with E-state index in [9.17, 15) is 4.79 Å². The van der Waals surface area contributed by atoms with Gasteiger partial charge in [-0.2, -0.15) is 4.68 Å². The van der Waals surface area contributed by atoms with E-state index in [0.29, 0.717) is 39.6 Å². The summed E-state index contributed by atoms with van der Waals surface area (Å²) in [7, 11) is 0. The van der Waals surface area contributed by atoms with Crippen LogP contribution in [0, 0.1) is 6.92 Å². The maximum Gasteiger partial charge on any atom is 0.255 e. The first kappa shape index (κ1) is 23.1. The van der Waals surface area contributed by atoms with Crippen molar-refractivity contribution in [2.75, 3.05) is 0 Å². The van der Waals surface area contributed by atoms with Crippen LogP contribution in [-0.4, -0.2) is 41.1 Å². The fourth-order valence-electron chi connectivity index (χ4n) is 3.67. The van der Waals surface area contributed by atoms with Crippen molar-refractivity contribution in [3.63, 3.8) is 0 Å². The van der Waals surface area contributed by atoms with Crippen molar-refractivity contribution in [1.29, 1.82) is 0 Å². The Morgan fingerprint density at radius 3 is 2.58 bits per heavy atom. The first-order chi connectivity index (χ1) is 17.5. The Balaban J connectivity index is 1.47. The summed E-state index contributed by atoms with van der Waals surface area (Å²) < 4.78 is 3.09. The molecule has 0 aliphatic carbocycles. The van der Waals surface area contributed by atoms with Gasteiger partial charge in [0.2, 0.25) is 0 Å². The number of nitrogens with zero attached hydrogens (tertiary/aromatic N) is 7. The molecule has 10 heteroatoms. The molecule has 0 radical (unpaired) electrons. The molecule has 0 saturated heterocycles. The molecular weight excluding hydrogens is 476 g/mol. The predicted molar refractivity (Wildman–Crippen MR) is 136 cm³/mol. The van der Waals surface area contributed by atoms with Crippen LogP contribution < -0.4 is 5.32 Å². The predicted octanol–water partition coefficient (Wildman–Crippen LogP) is 4.35. The highest BCUT2D eigenvalue weighted by molar-refractivity contribution is 6.31. The molecule has 0 unspecified atom stereocenters. The van der Waals surface area contributed by atoms with E-state index in [0.717, 1.165) is 11.1 Å². The third kappa shape index (κ3) is 5.37. The highest BCUT2D eigenvalue weighted by atomic mass is 35.5. The zero-order valence-corrected chi connectivity index (χ0v) is 20.0. The number of aryl methyl sites for hydroxylation is 1. The lowest BCUT2D eigenvalue weighted by molar-refractivity contribution is 0.0965. The minimum Gasteiger partial charge on any atom is -0.324 e. The molecule has 178 valence electrons. The summed E-state index contributed by atoms with van der Waals surface area (Å²) in [5.74, 6) is -0.201.